The number of amidine groups is 1. The number of nitrogens with two attached hydrogens (primary N) is 1. The van der Waals surface area contributed by atoms with E-state index in [1.165, 1.54) is 24.0 Å². The zero-order chi connectivity index (χ0) is 17.6. The van der Waals surface area contributed by atoms with Crippen LogP contribution in [0.1, 0.15) is 16.7 Å². The van der Waals surface area contributed by atoms with Crippen LogP contribution in [0.5, 0.6) is 0 Å². The Morgan fingerprint density at radius 2 is 1.88 bits per heavy atom. The molecule has 0 saturated carbocycles. The average molecular weight is 463 g/mol. The lowest BCUT2D eigenvalue weighted by Gasteiger charge is -2.07. The lowest BCUT2D eigenvalue weighted by atomic mass is 10.1. The summed E-state index contributed by atoms with van der Waals surface area (Å²) in [4.78, 5) is 0. The van der Waals surface area contributed by atoms with Gasteiger partial charge >= 0.3 is 6.18 Å². The van der Waals surface area contributed by atoms with Gasteiger partial charge in [-0.1, -0.05) is 42.1 Å². The Balaban J connectivity index is 2.02. The standard InChI is InChI=1S/C16H13F3IN3S/c17-16(18,19)13-6-7-14(20)12(8-13)9-22-23-15(21)24-10-11-4-2-1-3-5-11/h1-9H,10H2,(H2,21,23). The lowest BCUT2D eigenvalue weighted by Crippen LogP contribution is -2.07. The van der Waals surface area contributed by atoms with Gasteiger partial charge in [0.15, 0.2) is 5.17 Å². The van der Waals surface area contributed by atoms with E-state index >= 15 is 0 Å². The van der Waals surface area contributed by atoms with Crippen LogP contribution in [0.2, 0.25) is 0 Å². The summed E-state index contributed by atoms with van der Waals surface area (Å²) in [7, 11) is 0. The molecule has 2 rings (SSSR count). The summed E-state index contributed by atoms with van der Waals surface area (Å²) in [6.45, 7) is 0. The highest BCUT2D eigenvalue weighted by Crippen LogP contribution is 2.30. The SMILES string of the molecule is NC(=NN=Cc1cc(C(F)(F)F)ccc1I)SCc1ccccc1. The van der Waals surface area contributed by atoms with Crippen molar-refractivity contribution in [1.29, 1.82) is 0 Å². The summed E-state index contributed by atoms with van der Waals surface area (Å²) in [5.41, 5.74) is 6.45. The highest BCUT2D eigenvalue weighted by Gasteiger charge is 2.30. The Kier molecular flexibility index (Phi) is 6.67. The van der Waals surface area contributed by atoms with Crippen molar-refractivity contribution in [2.24, 2.45) is 15.9 Å². The molecule has 0 saturated heterocycles. The second kappa shape index (κ2) is 8.52. The summed E-state index contributed by atoms with van der Waals surface area (Å²) in [6.07, 6.45) is -3.12. The monoisotopic (exact) mass is 463 g/mol. The summed E-state index contributed by atoms with van der Waals surface area (Å²) < 4.78 is 38.8. The van der Waals surface area contributed by atoms with Gasteiger partial charge in [-0.25, -0.2) is 0 Å². The molecule has 0 aliphatic heterocycles. The second-order valence-electron chi connectivity index (χ2n) is 4.69. The number of rotatable bonds is 4. The van der Waals surface area contributed by atoms with E-state index in [9.17, 15) is 13.2 Å². The maximum atomic E-state index is 12.7. The van der Waals surface area contributed by atoms with E-state index in [1.807, 2.05) is 52.9 Å². The average Bonchev–Trinajstić information content (AvgIpc) is 2.54. The van der Waals surface area contributed by atoms with Gasteiger partial charge in [-0.2, -0.15) is 18.3 Å². The lowest BCUT2D eigenvalue weighted by molar-refractivity contribution is -0.137. The molecule has 0 fully saturated rings. The minimum Gasteiger partial charge on any atom is -0.377 e. The molecule has 2 aromatic carbocycles. The van der Waals surface area contributed by atoms with Crippen LogP contribution in [0.25, 0.3) is 0 Å². The first-order valence-corrected chi connectivity index (χ1v) is 8.82. The molecule has 126 valence electrons. The Bertz CT molecular complexity index is 746. The van der Waals surface area contributed by atoms with Gasteiger partial charge in [-0.15, -0.1) is 5.10 Å². The summed E-state index contributed by atoms with van der Waals surface area (Å²) in [5.74, 6) is 0.646. The van der Waals surface area contributed by atoms with Crippen LogP contribution in [-0.2, 0) is 11.9 Å². The fourth-order valence-electron chi connectivity index (χ4n) is 1.73. The molecule has 0 aromatic heterocycles. The van der Waals surface area contributed by atoms with Crippen molar-refractivity contribution in [3.63, 3.8) is 0 Å². The Labute approximate surface area is 155 Å². The predicted octanol–water partition coefficient (Wildman–Crippen LogP) is 4.89. The van der Waals surface area contributed by atoms with Gasteiger partial charge in [-0.3, -0.25) is 0 Å². The largest absolute Gasteiger partial charge is 0.416 e. The van der Waals surface area contributed by atoms with Crippen molar-refractivity contribution in [3.05, 3.63) is 68.8 Å². The molecule has 0 amide bonds. The maximum Gasteiger partial charge on any atom is 0.416 e. The number of alkyl halides is 3. The molecule has 0 atom stereocenters. The van der Waals surface area contributed by atoms with Gasteiger partial charge in [0.25, 0.3) is 0 Å². The van der Waals surface area contributed by atoms with Gasteiger partial charge in [0, 0.05) is 14.9 Å². The molecular formula is C16H13F3IN3S. The third-order valence-electron chi connectivity index (χ3n) is 2.91. The van der Waals surface area contributed by atoms with E-state index in [1.54, 1.807) is 0 Å². The van der Waals surface area contributed by atoms with Crippen molar-refractivity contribution in [2.75, 3.05) is 0 Å². The topological polar surface area (TPSA) is 50.7 Å². The minimum absolute atomic E-state index is 0.247. The number of hydrogen-bond acceptors (Lipinski definition) is 3. The van der Waals surface area contributed by atoms with Crippen molar-refractivity contribution in [1.82, 2.24) is 0 Å². The quantitative estimate of drug-likeness (QED) is 0.304. The normalized spacial score (nSPS) is 12.8. The van der Waals surface area contributed by atoms with Crippen LogP contribution in [0, 0.1) is 3.57 Å². The van der Waals surface area contributed by atoms with E-state index in [0.717, 1.165) is 17.7 Å². The summed E-state index contributed by atoms with van der Waals surface area (Å²) in [6, 6.07) is 13.2. The fourth-order valence-corrected chi connectivity index (χ4v) is 2.81. The highest BCUT2D eigenvalue weighted by atomic mass is 127. The second-order valence-corrected chi connectivity index (χ2v) is 6.85. The van der Waals surface area contributed by atoms with E-state index in [2.05, 4.69) is 10.2 Å². The molecule has 0 radical (unpaired) electrons. The Morgan fingerprint density at radius 1 is 1.17 bits per heavy atom. The molecule has 0 bridgehead atoms. The van der Waals surface area contributed by atoms with Crippen LogP contribution in [0.15, 0.2) is 58.7 Å². The predicted molar refractivity (Wildman–Crippen MR) is 101 cm³/mol. The molecule has 0 aliphatic carbocycles. The number of halogens is 4. The molecular weight excluding hydrogens is 450 g/mol. The smallest absolute Gasteiger partial charge is 0.377 e. The number of thioether (sulfide) groups is 1. The van der Waals surface area contributed by atoms with Gasteiger partial charge in [0.1, 0.15) is 0 Å². The molecule has 0 unspecified atom stereocenters. The van der Waals surface area contributed by atoms with Gasteiger partial charge < -0.3 is 5.73 Å². The molecule has 24 heavy (non-hydrogen) atoms. The molecule has 2 aromatic rings. The number of nitrogens with zero attached hydrogens (tertiary/aromatic N) is 2. The van der Waals surface area contributed by atoms with E-state index in [4.69, 9.17) is 5.73 Å². The Hall–Kier alpha value is -1.55. The Morgan fingerprint density at radius 3 is 2.54 bits per heavy atom. The zero-order valence-electron chi connectivity index (χ0n) is 12.3. The number of hydrogen-bond donors (Lipinski definition) is 1. The van der Waals surface area contributed by atoms with E-state index < -0.39 is 11.7 Å². The third-order valence-corrected chi connectivity index (χ3v) is 4.74. The molecule has 3 nitrogen and oxygen atoms in total. The summed E-state index contributed by atoms with van der Waals surface area (Å²) in [5, 5.41) is 7.84. The van der Waals surface area contributed by atoms with Crippen LogP contribution in [-0.4, -0.2) is 11.4 Å². The molecule has 0 heterocycles. The zero-order valence-corrected chi connectivity index (χ0v) is 15.3. The molecule has 8 heteroatoms. The first-order chi connectivity index (χ1) is 11.4. The minimum atomic E-state index is -4.39. The fraction of sp³-hybridized carbons (Fsp3) is 0.125. The van der Waals surface area contributed by atoms with Crippen LogP contribution in [0.3, 0.4) is 0 Å². The van der Waals surface area contributed by atoms with Crippen molar-refractivity contribution in [3.8, 4) is 0 Å². The first kappa shape index (κ1) is 18.8. The van der Waals surface area contributed by atoms with Crippen LogP contribution < -0.4 is 5.73 Å². The molecule has 0 aliphatic rings. The highest BCUT2D eigenvalue weighted by molar-refractivity contribution is 14.1. The summed E-state index contributed by atoms with van der Waals surface area (Å²) >= 11 is 3.25. The molecule has 0 spiro atoms. The number of benzene rings is 2. The van der Waals surface area contributed by atoms with E-state index in [0.29, 0.717) is 14.9 Å². The first-order valence-electron chi connectivity index (χ1n) is 6.76. The van der Waals surface area contributed by atoms with Crippen LogP contribution >= 0.6 is 34.4 Å². The van der Waals surface area contributed by atoms with Crippen molar-refractivity contribution >= 4 is 45.7 Å². The van der Waals surface area contributed by atoms with Gasteiger partial charge in [0.2, 0.25) is 0 Å². The van der Waals surface area contributed by atoms with E-state index in [-0.39, 0.29) is 5.17 Å². The third kappa shape index (κ3) is 5.82. The molecule has 2 N–H and O–H groups in total. The van der Waals surface area contributed by atoms with Gasteiger partial charge in [-0.05, 0) is 46.4 Å². The van der Waals surface area contributed by atoms with Crippen molar-refractivity contribution < 1.29 is 13.2 Å². The maximum absolute atomic E-state index is 12.7. The van der Waals surface area contributed by atoms with Crippen molar-refractivity contribution in [2.45, 2.75) is 11.9 Å². The van der Waals surface area contributed by atoms with Crippen LogP contribution in [0.4, 0.5) is 13.2 Å². The van der Waals surface area contributed by atoms with Gasteiger partial charge in [0.05, 0.1) is 11.8 Å².